The van der Waals surface area contributed by atoms with Crippen LogP contribution in [0.1, 0.15) is 52.9 Å². The van der Waals surface area contributed by atoms with Gasteiger partial charge < -0.3 is 9.84 Å². The Bertz CT molecular complexity index is 1030. The van der Waals surface area contributed by atoms with Crippen LogP contribution < -0.4 is 0 Å². The number of hydrogen-bond donors (Lipinski definition) is 1. The van der Waals surface area contributed by atoms with Crippen LogP contribution in [0.4, 0.5) is 0 Å². The number of esters is 1. The fourth-order valence-electron chi connectivity index (χ4n) is 3.45. The molecule has 30 heavy (non-hydrogen) atoms. The first-order chi connectivity index (χ1) is 14.4. The van der Waals surface area contributed by atoms with Crippen LogP contribution in [-0.2, 0) is 11.2 Å². The predicted molar refractivity (Wildman–Crippen MR) is 122 cm³/mol. The third kappa shape index (κ3) is 5.23. The number of unbranched alkanes of at least 4 members (excludes halogenated alkanes) is 1. The van der Waals surface area contributed by atoms with Crippen LogP contribution >= 0.6 is 23.2 Å². The van der Waals surface area contributed by atoms with Gasteiger partial charge in [-0.3, -0.25) is 0 Å². The Labute approximate surface area is 187 Å². The number of aliphatic hydroxyl groups excluding tert-OH is 1. The molecular formula is C25H24Cl2O3. The maximum Gasteiger partial charge on any atom is 0.337 e. The van der Waals surface area contributed by atoms with E-state index in [-0.39, 0.29) is 0 Å². The zero-order valence-electron chi connectivity index (χ0n) is 17.0. The summed E-state index contributed by atoms with van der Waals surface area (Å²) in [6, 6.07) is 18.2. The van der Waals surface area contributed by atoms with Crippen molar-refractivity contribution < 1.29 is 14.6 Å². The van der Waals surface area contributed by atoms with Crippen molar-refractivity contribution in [2.24, 2.45) is 0 Å². The van der Waals surface area contributed by atoms with Gasteiger partial charge in [0, 0.05) is 10.0 Å². The molecule has 0 amide bonds. The molecule has 3 aromatic carbocycles. The first-order valence-corrected chi connectivity index (χ1v) is 10.6. The minimum atomic E-state index is -0.913. The number of aryl methyl sites for hydroxylation is 1. The van der Waals surface area contributed by atoms with Gasteiger partial charge in [-0.2, -0.15) is 0 Å². The molecule has 0 heterocycles. The van der Waals surface area contributed by atoms with Crippen LogP contribution in [0.15, 0.2) is 60.7 Å². The maximum atomic E-state index is 11.7. The minimum Gasteiger partial charge on any atom is -0.465 e. The molecule has 0 saturated carbocycles. The van der Waals surface area contributed by atoms with E-state index in [9.17, 15) is 9.90 Å². The van der Waals surface area contributed by atoms with Gasteiger partial charge in [0.05, 0.1) is 12.7 Å². The van der Waals surface area contributed by atoms with E-state index in [4.69, 9.17) is 27.9 Å². The van der Waals surface area contributed by atoms with E-state index in [1.54, 1.807) is 36.4 Å². The molecular weight excluding hydrogens is 419 g/mol. The maximum absolute atomic E-state index is 11.7. The molecule has 156 valence electrons. The molecule has 5 heteroatoms. The van der Waals surface area contributed by atoms with E-state index in [0.717, 1.165) is 36.0 Å². The highest BCUT2D eigenvalue weighted by atomic mass is 35.5. The molecule has 0 aliphatic rings. The molecule has 0 aromatic heterocycles. The third-order valence-corrected chi connectivity index (χ3v) is 5.50. The summed E-state index contributed by atoms with van der Waals surface area (Å²) in [5.74, 6) is -0.418. The first kappa shape index (κ1) is 22.4. The highest BCUT2D eigenvalue weighted by Crippen LogP contribution is 2.35. The third-order valence-electron chi connectivity index (χ3n) is 5.04. The summed E-state index contributed by atoms with van der Waals surface area (Å²) in [7, 11) is 1.34. The predicted octanol–water partition coefficient (Wildman–Crippen LogP) is 6.87. The van der Waals surface area contributed by atoms with Gasteiger partial charge in [-0.25, -0.2) is 4.79 Å². The van der Waals surface area contributed by atoms with Crippen LogP contribution in [0.3, 0.4) is 0 Å². The van der Waals surface area contributed by atoms with E-state index in [1.165, 1.54) is 7.11 Å². The molecule has 3 aromatic rings. The van der Waals surface area contributed by atoms with Crippen molar-refractivity contribution >= 4 is 29.2 Å². The molecule has 0 aliphatic heterocycles. The molecule has 1 unspecified atom stereocenters. The number of ether oxygens (including phenoxy) is 1. The summed E-state index contributed by atoms with van der Waals surface area (Å²) in [5.41, 5.74) is 4.72. The van der Waals surface area contributed by atoms with Gasteiger partial charge in [-0.05, 0) is 77.1 Å². The molecule has 0 spiro atoms. The lowest BCUT2D eigenvalue weighted by Gasteiger charge is -2.18. The number of benzene rings is 3. The largest absolute Gasteiger partial charge is 0.465 e. The van der Waals surface area contributed by atoms with Crippen molar-refractivity contribution in [3.8, 4) is 11.1 Å². The van der Waals surface area contributed by atoms with Crippen LogP contribution in [0.25, 0.3) is 11.1 Å². The van der Waals surface area contributed by atoms with Crippen molar-refractivity contribution in [1.82, 2.24) is 0 Å². The number of aliphatic hydroxyl groups is 1. The Balaban J connectivity index is 2.02. The van der Waals surface area contributed by atoms with Crippen LogP contribution in [0, 0.1) is 0 Å². The fourth-order valence-corrected chi connectivity index (χ4v) is 3.89. The number of rotatable bonds is 7. The normalized spacial score (nSPS) is 11.9. The monoisotopic (exact) mass is 442 g/mol. The summed E-state index contributed by atoms with van der Waals surface area (Å²) in [6.45, 7) is 2.16. The SMILES string of the molecule is CCCCc1cc(Cl)cc(-c2ccc(Cl)cc2C(O)c2ccc(C(=O)OC)cc2)c1. The molecule has 0 bridgehead atoms. The van der Waals surface area contributed by atoms with Gasteiger partial charge in [0.15, 0.2) is 0 Å². The van der Waals surface area contributed by atoms with Crippen molar-refractivity contribution in [3.05, 3.63) is 93.0 Å². The van der Waals surface area contributed by atoms with E-state index in [1.807, 2.05) is 18.2 Å². The van der Waals surface area contributed by atoms with Crippen molar-refractivity contribution in [1.29, 1.82) is 0 Å². The van der Waals surface area contributed by atoms with Crippen LogP contribution in [0.2, 0.25) is 10.0 Å². The van der Waals surface area contributed by atoms with Gasteiger partial charge >= 0.3 is 5.97 Å². The van der Waals surface area contributed by atoms with E-state index in [2.05, 4.69) is 13.0 Å². The second-order valence-electron chi connectivity index (χ2n) is 7.20. The Kier molecular flexibility index (Phi) is 7.54. The molecule has 3 nitrogen and oxygen atoms in total. The van der Waals surface area contributed by atoms with Crippen molar-refractivity contribution in [2.45, 2.75) is 32.3 Å². The fraction of sp³-hybridized carbons (Fsp3) is 0.240. The van der Waals surface area contributed by atoms with Crippen LogP contribution in [0.5, 0.6) is 0 Å². The van der Waals surface area contributed by atoms with Gasteiger partial charge in [0.2, 0.25) is 0 Å². The summed E-state index contributed by atoms with van der Waals surface area (Å²) in [5, 5.41) is 12.3. The zero-order valence-corrected chi connectivity index (χ0v) is 18.5. The Hall–Kier alpha value is -2.33. The summed E-state index contributed by atoms with van der Waals surface area (Å²) >= 11 is 12.6. The molecule has 1 atom stereocenters. The number of halogens is 2. The average molecular weight is 443 g/mol. The molecule has 0 radical (unpaired) electrons. The molecule has 0 fully saturated rings. The standard InChI is InChI=1S/C25H24Cl2O3/c1-3-4-5-16-12-19(14-21(27)13-16)22-11-10-20(26)15-23(22)24(28)17-6-8-18(9-7-17)25(29)30-2/h6-15,24,28H,3-5H2,1-2H3. The molecule has 0 aliphatic carbocycles. The molecule has 1 N–H and O–H groups in total. The van der Waals surface area contributed by atoms with Crippen molar-refractivity contribution in [2.75, 3.05) is 7.11 Å². The van der Waals surface area contributed by atoms with Crippen molar-refractivity contribution in [3.63, 3.8) is 0 Å². The number of hydrogen-bond acceptors (Lipinski definition) is 3. The van der Waals surface area contributed by atoms with Gasteiger partial charge in [0.1, 0.15) is 6.10 Å². The molecule has 3 rings (SSSR count). The highest BCUT2D eigenvalue weighted by Gasteiger charge is 2.18. The minimum absolute atomic E-state index is 0.418. The lowest BCUT2D eigenvalue weighted by atomic mass is 9.91. The lowest BCUT2D eigenvalue weighted by Crippen LogP contribution is -2.05. The highest BCUT2D eigenvalue weighted by molar-refractivity contribution is 6.31. The number of carbonyl (C=O) groups is 1. The van der Waals surface area contributed by atoms with Gasteiger partial charge in [-0.1, -0.05) is 60.8 Å². The zero-order chi connectivity index (χ0) is 21.7. The second-order valence-corrected chi connectivity index (χ2v) is 8.07. The summed E-state index contributed by atoms with van der Waals surface area (Å²) < 4.78 is 4.73. The Morgan fingerprint density at radius 3 is 2.40 bits per heavy atom. The molecule has 0 saturated heterocycles. The van der Waals surface area contributed by atoms with E-state index in [0.29, 0.717) is 26.7 Å². The van der Waals surface area contributed by atoms with E-state index >= 15 is 0 Å². The Morgan fingerprint density at radius 2 is 1.73 bits per heavy atom. The van der Waals surface area contributed by atoms with Gasteiger partial charge in [0.25, 0.3) is 0 Å². The number of methoxy groups -OCH3 is 1. The van der Waals surface area contributed by atoms with Gasteiger partial charge in [-0.15, -0.1) is 0 Å². The quantitative estimate of drug-likeness (QED) is 0.405. The first-order valence-electron chi connectivity index (χ1n) is 9.88. The van der Waals surface area contributed by atoms with Crippen LogP contribution in [-0.4, -0.2) is 18.2 Å². The average Bonchev–Trinajstić information content (AvgIpc) is 2.76. The number of carbonyl (C=O) groups excluding carboxylic acids is 1. The smallest absolute Gasteiger partial charge is 0.337 e. The second kappa shape index (κ2) is 10.1. The summed E-state index contributed by atoms with van der Waals surface area (Å²) in [4.78, 5) is 11.7. The topological polar surface area (TPSA) is 46.5 Å². The van der Waals surface area contributed by atoms with E-state index < -0.39 is 12.1 Å². The summed E-state index contributed by atoms with van der Waals surface area (Å²) in [6.07, 6.45) is 2.23. The Morgan fingerprint density at radius 1 is 1.00 bits per heavy atom. The lowest BCUT2D eigenvalue weighted by molar-refractivity contribution is 0.0600.